The third-order valence-electron chi connectivity index (χ3n) is 3.92. The van der Waals surface area contributed by atoms with Crippen molar-refractivity contribution in [3.8, 4) is 17.2 Å². The van der Waals surface area contributed by atoms with Gasteiger partial charge in [0.15, 0.2) is 5.76 Å². The molecule has 0 unspecified atom stereocenters. The summed E-state index contributed by atoms with van der Waals surface area (Å²) in [7, 11) is 0. The number of aromatic nitrogens is 3. The van der Waals surface area contributed by atoms with Gasteiger partial charge in [0.1, 0.15) is 6.61 Å². The van der Waals surface area contributed by atoms with Crippen molar-refractivity contribution in [3.63, 3.8) is 0 Å². The zero-order chi connectivity index (χ0) is 17.6. The molecule has 4 rings (SSSR count). The molecule has 3 heterocycles. The maximum absolute atomic E-state index is 5.71. The average molecular weight is 343 g/mol. The summed E-state index contributed by atoms with van der Waals surface area (Å²) in [4.78, 5) is 8.46. The molecule has 1 aromatic carbocycles. The number of ether oxygens (including phenoxy) is 1. The Morgan fingerprint density at radius 3 is 2.58 bits per heavy atom. The second-order valence-electron chi connectivity index (χ2n) is 5.88. The first-order valence-corrected chi connectivity index (χ1v) is 8.34. The lowest BCUT2D eigenvalue weighted by atomic mass is 10.1. The zero-order valence-electron chi connectivity index (χ0n) is 14.1. The molecule has 5 heteroatoms. The molecule has 128 valence electrons. The Morgan fingerprint density at radius 2 is 1.81 bits per heavy atom. The molecule has 0 spiro atoms. The summed E-state index contributed by atoms with van der Waals surface area (Å²) in [5.41, 5.74) is 3.92. The van der Waals surface area contributed by atoms with E-state index in [9.17, 15) is 0 Å². The molecule has 0 bridgehead atoms. The predicted octanol–water partition coefficient (Wildman–Crippen LogP) is 4.30. The number of hydrogen-bond donors (Lipinski definition) is 0. The Kier molecular flexibility index (Phi) is 4.69. The molecule has 0 saturated heterocycles. The van der Waals surface area contributed by atoms with Gasteiger partial charge in [0.2, 0.25) is 5.88 Å². The lowest BCUT2D eigenvalue weighted by Gasteiger charge is -2.05. The van der Waals surface area contributed by atoms with E-state index < -0.39 is 0 Å². The summed E-state index contributed by atoms with van der Waals surface area (Å²) >= 11 is 0. The lowest BCUT2D eigenvalue weighted by molar-refractivity contribution is 0.294. The molecule has 0 aliphatic carbocycles. The molecule has 0 aliphatic rings. The number of hydrogen-bond acceptors (Lipinski definition) is 5. The molecule has 5 nitrogen and oxygen atoms in total. The molecule has 3 aromatic heterocycles. The van der Waals surface area contributed by atoms with Gasteiger partial charge in [-0.3, -0.25) is 4.98 Å². The van der Waals surface area contributed by atoms with Gasteiger partial charge in [-0.15, -0.1) is 0 Å². The molecule has 4 aromatic rings. The van der Waals surface area contributed by atoms with Crippen LogP contribution in [0.3, 0.4) is 0 Å². The van der Waals surface area contributed by atoms with Gasteiger partial charge < -0.3 is 9.26 Å². The summed E-state index contributed by atoms with van der Waals surface area (Å²) in [6.07, 6.45) is 5.94. The molecule has 0 N–H and O–H groups in total. The summed E-state index contributed by atoms with van der Waals surface area (Å²) in [5, 5.41) is 4.12. The van der Waals surface area contributed by atoms with Gasteiger partial charge in [0, 0.05) is 42.7 Å². The molecule has 26 heavy (non-hydrogen) atoms. The second kappa shape index (κ2) is 7.61. The highest BCUT2D eigenvalue weighted by atomic mass is 16.5. The van der Waals surface area contributed by atoms with Crippen LogP contribution in [0.25, 0.3) is 11.3 Å². The van der Waals surface area contributed by atoms with Gasteiger partial charge in [-0.2, -0.15) is 0 Å². The standard InChI is InChI=1S/C21H17N3O2/c1-2-5-16(6-3-1)15-25-21-9-8-17(13-23-21)11-19-12-20(26-24-19)18-7-4-10-22-14-18/h1-10,12-14H,11,15H2. The van der Waals surface area contributed by atoms with Crippen LogP contribution in [0.5, 0.6) is 5.88 Å². The van der Waals surface area contributed by atoms with Crippen LogP contribution in [-0.2, 0) is 13.0 Å². The third kappa shape index (κ3) is 3.95. The van der Waals surface area contributed by atoms with Gasteiger partial charge in [-0.05, 0) is 23.3 Å². The quantitative estimate of drug-likeness (QED) is 0.522. The van der Waals surface area contributed by atoms with Crippen LogP contribution < -0.4 is 4.74 Å². The van der Waals surface area contributed by atoms with Gasteiger partial charge in [-0.25, -0.2) is 4.98 Å². The minimum absolute atomic E-state index is 0.505. The van der Waals surface area contributed by atoms with Crippen molar-refractivity contribution in [1.29, 1.82) is 0 Å². The molecule has 0 atom stereocenters. The molecular weight excluding hydrogens is 326 g/mol. The fraction of sp³-hybridized carbons (Fsp3) is 0.0952. The molecule has 0 radical (unpaired) electrons. The van der Waals surface area contributed by atoms with E-state index in [1.165, 1.54) is 0 Å². The van der Waals surface area contributed by atoms with Crippen LogP contribution in [0.15, 0.2) is 83.8 Å². The fourth-order valence-corrected chi connectivity index (χ4v) is 2.58. The monoisotopic (exact) mass is 343 g/mol. The van der Waals surface area contributed by atoms with Gasteiger partial charge in [0.05, 0.1) is 5.69 Å². The minimum Gasteiger partial charge on any atom is -0.473 e. The first-order valence-electron chi connectivity index (χ1n) is 8.34. The van der Waals surface area contributed by atoms with E-state index in [2.05, 4.69) is 15.1 Å². The summed E-state index contributed by atoms with van der Waals surface area (Å²) < 4.78 is 11.1. The zero-order valence-corrected chi connectivity index (χ0v) is 14.1. The Balaban J connectivity index is 1.38. The van der Waals surface area contributed by atoms with Crippen molar-refractivity contribution in [2.24, 2.45) is 0 Å². The summed E-state index contributed by atoms with van der Waals surface area (Å²) in [5.74, 6) is 1.32. The van der Waals surface area contributed by atoms with E-state index in [4.69, 9.17) is 9.26 Å². The van der Waals surface area contributed by atoms with Crippen molar-refractivity contribution < 1.29 is 9.26 Å². The molecular formula is C21H17N3O2. The molecule has 0 saturated carbocycles. The molecule has 0 fully saturated rings. The normalized spacial score (nSPS) is 10.6. The summed E-state index contributed by atoms with van der Waals surface area (Å²) in [6.45, 7) is 0.505. The van der Waals surface area contributed by atoms with E-state index >= 15 is 0 Å². The van der Waals surface area contributed by atoms with Crippen molar-refractivity contribution >= 4 is 0 Å². The van der Waals surface area contributed by atoms with Crippen LogP contribution >= 0.6 is 0 Å². The Labute approximate surface area is 151 Å². The van der Waals surface area contributed by atoms with E-state index in [0.717, 1.165) is 22.4 Å². The fourth-order valence-electron chi connectivity index (χ4n) is 2.58. The van der Waals surface area contributed by atoms with E-state index in [1.807, 2.05) is 60.7 Å². The molecule has 0 aliphatic heterocycles. The lowest BCUT2D eigenvalue weighted by Crippen LogP contribution is -1.97. The highest BCUT2D eigenvalue weighted by Gasteiger charge is 2.08. The van der Waals surface area contributed by atoms with E-state index in [0.29, 0.717) is 24.7 Å². The SMILES string of the molecule is c1ccc(COc2ccc(Cc3cc(-c4cccnc4)on3)cn2)cc1. The van der Waals surface area contributed by atoms with Crippen molar-refractivity contribution in [2.75, 3.05) is 0 Å². The van der Waals surface area contributed by atoms with Crippen molar-refractivity contribution in [2.45, 2.75) is 13.0 Å². The third-order valence-corrected chi connectivity index (χ3v) is 3.92. The highest BCUT2D eigenvalue weighted by Crippen LogP contribution is 2.20. The van der Waals surface area contributed by atoms with E-state index in [1.54, 1.807) is 18.6 Å². The van der Waals surface area contributed by atoms with Gasteiger partial charge in [0.25, 0.3) is 0 Å². The van der Waals surface area contributed by atoms with Gasteiger partial charge in [-0.1, -0.05) is 41.6 Å². The maximum atomic E-state index is 5.71. The highest BCUT2D eigenvalue weighted by molar-refractivity contribution is 5.55. The van der Waals surface area contributed by atoms with Crippen LogP contribution in [0.2, 0.25) is 0 Å². The molecule has 0 amide bonds. The first-order chi connectivity index (χ1) is 12.9. The minimum atomic E-state index is 0.505. The van der Waals surface area contributed by atoms with Crippen LogP contribution in [0.1, 0.15) is 16.8 Å². The van der Waals surface area contributed by atoms with Crippen LogP contribution in [-0.4, -0.2) is 15.1 Å². The second-order valence-corrected chi connectivity index (χ2v) is 5.88. The first kappa shape index (κ1) is 16.0. The number of rotatable bonds is 6. The number of pyridine rings is 2. The van der Waals surface area contributed by atoms with Crippen molar-refractivity contribution in [1.82, 2.24) is 15.1 Å². The maximum Gasteiger partial charge on any atom is 0.213 e. The van der Waals surface area contributed by atoms with Crippen LogP contribution in [0.4, 0.5) is 0 Å². The Bertz CT molecular complexity index is 951. The smallest absolute Gasteiger partial charge is 0.213 e. The average Bonchev–Trinajstić information content (AvgIpc) is 3.17. The van der Waals surface area contributed by atoms with Gasteiger partial charge >= 0.3 is 0 Å². The number of benzene rings is 1. The topological polar surface area (TPSA) is 61.0 Å². The summed E-state index contributed by atoms with van der Waals surface area (Å²) in [6, 6.07) is 19.6. The number of nitrogens with zero attached hydrogens (tertiary/aromatic N) is 3. The van der Waals surface area contributed by atoms with Crippen molar-refractivity contribution in [3.05, 3.63) is 96.1 Å². The Morgan fingerprint density at radius 1 is 0.885 bits per heavy atom. The predicted molar refractivity (Wildman–Crippen MR) is 97.6 cm³/mol. The van der Waals surface area contributed by atoms with Crippen LogP contribution in [0, 0.1) is 0 Å². The van der Waals surface area contributed by atoms with E-state index in [-0.39, 0.29) is 0 Å². The largest absolute Gasteiger partial charge is 0.473 e. The Hall–Kier alpha value is -3.47.